The third-order valence-corrected chi connectivity index (χ3v) is 11.1. The number of aromatic nitrogens is 3. The minimum Gasteiger partial charge on any atom is -0.292 e. The lowest BCUT2D eigenvalue weighted by molar-refractivity contribution is 1.08. The number of rotatable bonds is 3. The molecule has 0 bridgehead atoms. The topological polar surface area (TPSA) is 30.7 Å². The van der Waals surface area contributed by atoms with Crippen LogP contribution in [0.5, 0.6) is 0 Å². The minimum atomic E-state index is 0.843. The fraction of sp³-hybridized carbons (Fsp3) is 0. The van der Waals surface area contributed by atoms with Crippen molar-refractivity contribution in [1.82, 2.24) is 14.5 Å². The first kappa shape index (κ1) is 26.0. The Morgan fingerprint density at radius 2 is 1.19 bits per heavy atom. The highest BCUT2D eigenvalue weighted by Crippen LogP contribution is 2.55. The van der Waals surface area contributed by atoms with Crippen LogP contribution in [-0.4, -0.2) is 14.5 Å². The molecule has 3 nitrogen and oxygen atoms in total. The summed E-state index contributed by atoms with van der Waals surface area (Å²) >= 11 is 1.89. The number of nitrogens with zero attached hydrogens (tertiary/aromatic N) is 3. The van der Waals surface area contributed by atoms with E-state index in [9.17, 15) is 0 Å². The van der Waals surface area contributed by atoms with Gasteiger partial charge in [-0.1, -0.05) is 127 Å². The quantitative estimate of drug-likeness (QED) is 0.183. The first-order chi connectivity index (χ1) is 23.8. The normalized spacial score (nSPS) is 12.2. The summed E-state index contributed by atoms with van der Waals surface area (Å²) in [6.07, 6.45) is 0. The predicted molar refractivity (Wildman–Crippen MR) is 202 cm³/mol. The zero-order chi connectivity index (χ0) is 31.3. The van der Waals surface area contributed by atoms with Crippen molar-refractivity contribution in [3.8, 4) is 49.8 Å². The maximum Gasteiger partial charge on any atom is 0.165 e. The van der Waals surface area contributed by atoms with Crippen LogP contribution in [-0.2, 0) is 0 Å². The predicted octanol–water partition coefficient (Wildman–Crippen LogP) is 12.1. The maximum absolute atomic E-state index is 5.57. The average Bonchev–Trinajstić information content (AvgIpc) is 3.67. The molecule has 4 heteroatoms. The molecule has 48 heavy (non-hydrogen) atoms. The van der Waals surface area contributed by atoms with Crippen molar-refractivity contribution in [3.05, 3.63) is 152 Å². The van der Waals surface area contributed by atoms with Crippen LogP contribution in [0.1, 0.15) is 0 Å². The highest BCUT2D eigenvalue weighted by atomic mass is 32.1. The molecule has 1 aliphatic carbocycles. The molecular formula is C44H25N3S. The molecule has 0 fully saturated rings. The maximum atomic E-state index is 5.57. The molecule has 0 saturated heterocycles. The molecular weight excluding hydrogens is 603 g/mol. The summed E-state index contributed by atoms with van der Waals surface area (Å²) in [4.78, 5) is 12.3. The number of hydrogen-bond acceptors (Lipinski definition) is 3. The Morgan fingerprint density at radius 1 is 0.479 bits per heavy atom. The lowest BCUT2D eigenvalue weighted by Crippen LogP contribution is -2.04. The monoisotopic (exact) mass is 627 g/mol. The van der Waals surface area contributed by atoms with Crippen molar-refractivity contribution in [3.63, 3.8) is 0 Å². The van der Waals surface area contributed by atoms with Gasteiger partial charge in [-0.3, -0.25) is 4.57 Å². The van der Waals surface area contributed by atoms with Crippen LogP contribution in [0.25, 0.3) is 103 Å². The first-order valence-electron chi connectivity index (χ1n) is 16.3. The Hall–Kier alpha value is -6.10. The third-order valence-electron chi connectivity index (χ3n) is 9.93. The van der Waals surface area contributed by atoms with Crippen LogP contribution >= 0.6 is 11.3 Å². The van der Waals surface area contributed by atoms with Gasteiger partial charge in [0.25, 0.3) is 0 Å². The summed E-state index contributed by atoms with van der Waals surface area (Å²) in [5.41, 5.74) is 12.4. The second-order valence-corrected chi connectivity index (χ2v) is 13.6. The largest absolute Gasteiger partial charge is 0.292 e. The molecule has 222 valence electrons. The van der Waals surface area contributed by atoms with Crippen LogP contribution in [0, 0.1) is 0 Å². The Labute approximate surface area is 280 Å². The van der Waals surface area contributed by atoms with E-state index in [1.807, 2.05) is 11.3 Å². The van der Waals surface area contributed by atoms with Gasteiger partial charge in [0.2, 0.25) is 0 Å². The Bertz CT molecular complexity index is 2940. The van der Waals surface area contributed by atoms with Gasteiger partial charge in [-0.05, 0) is 51.9 Å². The standard InChI is InChI=1S/C44H25N3S/c1-3-13-27(14-4-1)41-44(46-42-29-17-8-7-12-26(29)22-23-33(42)45-41)47-34-21-11-20-31-30-18-9-10-19-32(30)38-40-36(25-24-35(47)39(40)37(31)34)48-43(38)28-15-5-2-6-16-28/h1-25H. The molecule has 10 aromatic rings. The van der Waals surface area contributed by atoms with Crippen LogP contribution in [0.3, 0.4) is 0 Å². The van der Waals surface area contributed by atoms with Gasteiger partial charge in [-0.15, -0.1) is 11.3 Å². The van der Waals surface area contributed by atoms with Gasteiger partial charge in [-0.2, -0.15) is 0 Å². The summed E-state index contributed by atoms with van der Waals surface area (Å²) < 4.78 is 3.67. The zero-order valence-electron chi connectivity index (χ0n) is 25.7. The Balaban J connectivity index is 1.35. The molecule has 3 heterocycles. The van der Waals surface area contributed by atoms with Crippen LogP contribution in [0.2, 0.25) is 0 Å². The highest BCUT2D eigenvalue weighted by Gasteiger charge is 2.29. The van der Waals surface area contributed by atoms with Crippen LogP contribution in [0.15, 0.2) is 152 Å². The van der Waals surface area contributed by atoms with Gasteiger partial charge in [0.1, 0.15) is 5.69 Å². The van der Waals surface area contributed by atoms with E-state index in [-0.39, 0.29) is 0 Å². The molecule has 3 aromatic heterocycles. The number of thiophene rings is 1. The smallest absolute Gasteiger partial charge is 0.165 e. The van der Waals surface area contributed by atoms with E-state index in [1.165, 1.54) is 53.6 Å². The van der Waals surface area contributed by atoms with Gasteiger partial charge in [-0.25, -0.2) is 9.97 Å². The molecule has 0 spiro atoms. The molecule has 7 aromatic carbocycles. The SMILES string of the molecule is c1ccc(-c2nc3ccc4ccccc4c3nc2-n2c3cccc4c3c3c5c(c(-c6ccccc6)sc5ccc32)-c2ccccc2-4)cc1. The molecule has 0 radical (unpaired) electrons. The van der Waals surface area contributed by atoms with E-state index in [0.717, 1.165) is 49.9 Å². The van der Waals surface area contributed by atoms with Gasteiger partial charge in [0.05, 0.1) is 22.1 Å². The second-order valence-electron chi connectivity index (χ2n) is 12.5. The van der Waals surface area contributed by atoms with Gasteiger partial charge in [0, 0.05) is 42.2 Å². The molecule has 0 saturated carbocycles. The molecule has 0 unspecified atom stereocenters. The van der Waals surface area contributed by atoms with E-state index >= 15 is 0 Å². The second kappa shape index (κ2) is 9.71. The molecule has 0 N–H and O–H groups in total. The fourth-order valence-electron chi connectivity index (χ4n) is 7.90. The summed E-state index contributed by atoms with van der Waals surface area (Å²) in [6.45, 7) is 0. The highest BCUT2D eigenvalue weighted by molar-refractivity contribution is 7.23. The molecule has 0 amide bonds. The minimum absolute atomic E-state index is 0.843. The number of hydrogen-bond donors (Lipinski definition) is 0. The molecule has 1 aliphatic rings. The lowest BCUT2D eigenvalue weighted by atomic mass is 9.93. The van der Waals surface area contributed by atoms with Gasteiger partial charge in [0.15, 0.2) is 5.82 Å². The van der Waals surface area contributed by atoms with Crippen LogP contribution < -0.4 is 0 Å². The Kier molecular flexibility index (Phi) is 5.26. The molecule has 0 atom stereocenters. The van der Waals surface area contributed by atoms with Crippen molar-refractivity contribution in [1.29, 1.82) is 0 Å². The molecule has 0 aliphatic heterocycles. The summed E-state index contributed by atoms with van der Waals surface area (Å²) in [7, 11) is 0. The van der Waals surface area contributed by atoms with Gasteiger partial charge >= 0.3 is 0 Å². The summed E-state index contributed by atoms with van der Waals surface area (Å²) in [6, 6.07) is 54.4. The van der Waals surface area contributed by atoms with Crippen molar-refractivity contribution < 1.29 is 0 Å². The van der Waals surface area contributed by atoms with E-state index in [1.54, 1.807) is 0 Å². The van der Waals surface area contributed by atoms with Crippen molar-refractivity contribution in [2.45, 2.75) is 0 Å². The third kappa shape index (κ3) is 3.47. The Morgan fingerprint density at radius 3 is 2.04 bits per heavy atom. The van der Waals surface area contributed by atoms with E-state index < -0.39 is 0 Å². The zero-order valence-corrected chi connectivity index (χ0v) is 26.5. The average molecular weight is 628 g/mol. The summed E-state index contributed by atoms with van der Waals surface area (Å²) in [5, 5.41) is 6.13. The first-order valence-corrected chi connectivity index (χ1v) is 17.1. The molecule has 11 rings (SSSR count). The van der Waals surface area contributed by atoms with E-state index in [0.29, 0.717) is 0 Å². The van der Waals surface area contributed by atoms with E-state index in [2.05, 4.69) is 156 Å². The number of fused-ring (bicyclic) bond motifs is 6. The lowest BCUT2D eigenvalue weighted by Gasteiger charge is -2.16. The van der Waals surface area contributed by atoms with Crippen molar-refractivity contribution in [2.75, 3.05) is 0 Å². The summed E-state index contributed by atoms with van der Waals surface area (Å²) in [5.74, 6) is 0.843. The van der Waals surface area contributed by atoms with Crippen molar-refractivity contribution >= 4 is 65.0 Å². The van der Waals surface area contributed by atoms with Crippen molar-refractivity contribution in [2.24, 2.45) is 0 Å². The van der Waals surface area contributed by atoms with E-state index in [4.69, 9.17) is 9.97 Å². The number of benzene rings is 7. The fourth-order valence-corrected chi connectivity index (χ4v) is 9.13. The van der Waals surface area contributed by atoms with Crippen LogP contribution in [0.4, 0.5) is 0 Å². The van der Waals surface area contributed by atoms with Gasteiger partial charge < -0.3 is 0 Å².